The van der Waals surface area contributed by atoms with Gasteiger partial charge in [-0.3, -0.25) is 19.1 Å². The summed E-state index contributed by atoms with van der Waals surface area (Å²) in [4.78, 5) is 41.9. The van der Waals surface area contributed by atoms with E-state index in [0.717, 1.165) is 86.8 Å². The van der Waals surface area contributed by atoms with Gasteiger partial charge in [0, 0.05) is 18.5 Å². The fourth-order valence-electron chi connectivity index (χ4n) is 6.53. The zero-order chi connectivity index (χ0) is 39.4. The van der Waals surface area contributed by atoms with Gasteiger partial charge in [0.05, 0.1) is 25.7 Å². The average molecular weight is 764 g/mol. The minimum atomic E-state index is -0.682. The van der Waals surface area contributed by atoms with Crippen molar-refractivity contribution in [3.8, 4) is 5.75 Å². The van der Waals surface area contributed by atoms with Crippen LogP contribution in [0.3, 0.4) is 0 Å². The highest BCUT2D eigenvalue weighted by Crippen LogP contribution is 2.38. The number of aromatic nitrogens is 4. The van der Waals surface area contributed by atoms with Crippen LogP contribution in [0.4, 0.5) is 11.6 Å². The Hall–Kier alpha value is -5.29. The Morgan fingerprint density at radius 3 is 1.79 bits per heavy atom. The van der Waals surface area contributed by atoms with Crippen molar-refractivity contribution in [3.05, 3.63) is 109 Å². The molecule has 0 atom stereocenters. The molecule has 2 aromatic heterocycles. The number of hydrogen-bond donors (Lipinski definition) is 0. The van der Waals surface area contributed by atoms with E-state index >= 15 is 0 Å². The molecule has 0 bridgehead atoms. The van der Waals surface area contributed by atoms with E-state index in [4.69, 9.17) is 28.9 Å². The quantitative estimate of drug-likeness (QED) is 0.0420. The van der Waals surface area contributed by atoms with Gasteiger partial charge in [0.15, 0.2) is 5.65 Å². The van der Waals surface area contributed by atoms with Crippen LogP contribution in [0.25, 0.3) is 11.2 Å². The minimum Gasteiger partial charge on any atom is -0.497 e. The normalized spacial score (nSPS) is 11.3. The summed E-state index contributed by atoms with van der Waals surface area (Å²) >= 11 is 0. The Morgan fingerprint density at radius 2 is 1.25 bits per heavy atom. The molecule has 0 N–H and O–H groups in total. The van der Waals surface area contributed by atoms with Crippen molar-refractivity contribution in [1.82, 2.24) is 19.5 Å². The molecule has 56 heavy (non-hydrogen) atoms. The van der Waals surface area contributed by atoms with E-state index in [1.165, 1.54) is 0 Å². The molecule has 0 aliphatic rings. The van der Waals surface area contributed by atoms with Crippen LogP contribution in [0.2, 0.25) is 0 Å². The van der Waals surface area contributed by atoms with Gasteiger partial charge in [0.25, 0.3) is 0 Å². The predicted octanol–water partition coefficient (Wildman–Crippen LogP) is 9.91. The van der Waals surface area contributed by atoms with Gasteiger partial charge in [-0.2, -0.15) is 4.98 Å². The first kappa shape index (κ1) is 41.9. The fourth-order valence-corrected chi connectivity index (χ4v) is 6.53. The Bertz CT molecular complexity index is 1820. The average Bonchev–Trinajstić information content (AvgIpc) is 3.65. The zero-order valence-electron chi connectivity index (χ0n) is 33.2. The summed E-state index contributed by atoms with van der Waals surface area (Å²) in [5.74, 6) is 0.626. The van der Waals surface area contributed by atoms with E-state index in [0.29, 0.717) is 30.0 Å². The van der Waals surface area contributed by atoms with Crippen molar-refractivity contribution >= 4 is 34.7 Å². The van der Waals surface area contributed by atoms with Crippen LogP contribution in [-0.4, -0.2) is 57.9 Å². The lowest BCUT2D eigenvalue weighted by atomic mass is 9.96. The Labute approximate surface area is 331 Å². The van der Waals surface area contributed by atoms with Crippen molar-refractivity contribution < 1.29 is 28.5 Å². The molecule has 0 fully saturated rings. The number of unbranched alkanes of at least 4 members (excludes halogenated alkanes) is 8. The standard InChI is InChI=1S/C45H57N5O6/c1-4-6-8-10-18-24-41(51)54-31-39(32-55-42(52)25-19-11-9-7-5-2)56-34-49-33-47-40-30-46-45(48-44(40)49)50(37-26-28-38(53-3)29-27-37)43(35-20-14-12-15-21-35)36-22-16-13-17-23-36/h12-17,20-23,26-30,33,39,43H,4-11,18-19,24-25,31-32,34H2,1-3H3. The van der Waals surface area contributed by atoms with Gasteiger partial charge in [-0.15, -0.1) is 0 Å². The van der Waals surface area contributed by atoms with Crippen molar-refractivity contribution in [3.63, 3.8) is 0 Å². The fraction of sp³-hybridized carbons (Fsp3) is 0.444. The molecule has 5 aromatic rings. The molecular weight excluding hydrogens is 707 g/mol. The summed E-state index contributed by atoms with van der Waals surface area (Å²) in [6.07, 6.45) is 13.7. The summed E-state index contributed by atoms with van der Waals surface area (Å²) in [7, 11) is 1.65. The molecule has 3 aromatic carbocycles. The molecule has 11 nitrogen and oxygen atoms in total. The van der Waals surface area contributed by atoms with Gasteiger partial charge in [-0.05, 0) is 48.2 Å². The maximum Gasteiger partial charge on any atom is 0.305 e. The highest BCUT2D eigenvalue weighted by molar-refractivity contribution is 5.73. The van der Waals surface area contributed by atoms with Crippen molar-refractivity contribution in [2.24, 2.45) is 0 Å². The van der Waals surface area contributed by atoms with Crippen LogP contribution in [-0.2, 0) is 30.5 Å². The third-order valence-electron chi connectivity index (χ3n) is 9.68. The van der Waals surface area contributed by atoms with Crippen LogP contribution in [0.5, 0.6) is 5.75 Å². The second-order valence-corrected chi connectivity index (χ2v) is 14.0. The molecule has 2 heterocycles. The van der Waals surface area contributed by atoms with E-state index in [-0.39, 0.29) is 37.9 Å². The molecule has 11 heteroatoms. The van der Waals surface area contributed by atoms with E-state index in [9.17, 15) is 9.59 Å². The van der Waals surface area contributed by atoms with Crippen molar-refractivity contribution in [1.29, 1.82) is 0 Å². The summed E-state index contributed by atoms with van der Waals surface area (Å²) in [5.41, 5.74) is 4.13. The number of benzene rings is 3. The highest BCUT2D eigenvalue weighted by atomic mass is 16.6. The SMILES string of the molecule is CCCCCCCC(=O)OCC(COC(=O)CCCCCCC)OCn1cnc2cnc(N(c3ccc(OC)cc3)C(c3ccccc3)c3ccccc3)nc21. The summed E-state index contributed by atoms with van der Waals surface area (Å²) in [6.45, 7) is 4.29. The number of rotatable bonds is 25. The van der Waals surface area contributed by atoms with Crippen LogP contribution in [0.15, 0.2) is 97.5 Å². The van der Waals surface area contributed by atoms with E-state index in [2.05, 4.69) is 48.0 Å². The number of hydrogen-bond acceptors (Lipinski definition) is 10. The Balaban J connectivity index is 1.38. The highest BCUT2D eigenvalue weighted by Gasteiger charge is 2.27. The number of nitrogens with zero attached hydrogens (tertiary/aromatic N) is 5. The summed E-state index contributed by atoms with van der Waals surface area (Å²) in [6, 6.07) is 28.1. The van der Waals surface area contributed by atoms with Gasteiger partial charge >= 0.3 is 11.9 Å². The number of fused-ring (bicyclic) bond motifs is 1. The first-order valence-electron chi connectivity index (χ1n) is 20.1. The first-order valence-corrected chi connectivity index (χ1v) is 20.1. The smallest absolute Gasteiger partial charge is 0.305 e. The number of imidazole rings is 1. The van der Waals surface area contributed by atoms with Gasteiger partial charge in [-0.1, -0.05) is 126 Å². The second-order valence-electron chi connectivity index (χ2n) is 14.0. The molecule has 0 amide bonds. The van der Waals surface area contributed by atoms with Crippen molar-refractivity contribution in [2.45, 2.75) is 110 Å². The number of methoxy groups -OCH3 is 1. The topological polar surface area (TPSA) is 118 Å². The summed E-state index contributed by atoms with van der Waals surface area (Å²) < 4.78 is 24.8. The van der Waals surface area contributed by atoms with Crippen molar-refractivity contribution in [2.75, 3.05) is 25.2 Å². The Morgan fingerprint density at radius 1 is 0.696 bits per heavy atom. The van der Waals surface area contributed by atoms with E-state index in [1.54, 1.807) is 24.2 Å². The molecule has 0 radical (unpaired) electrons. The van der Waals surface area contributed by atoms with Gasteiger partial charge in [-0.25, -0.2) is 9.97 Å². The molecule has 0 aliphatic carbocycles. The number of carbonyl (C=O) groups excluding carboxylic acids is 2. The molecule has 298 valence electrons. The lowest BCUT2D eigenvalue weighted by molar-refractivity contribution is -0.157. The van der Waals surface area contributed by atoms with Crippen LogP contribution < -0.4 is 9.64 Å². The first-order chi connectivity index (χ1) is 27.5. The van der Waals surface area contributed by atoms with E-state index < -0.39 is 6.10 Å². The number of ether oxygens (including phenoxy) is 4. The van der Waals surface area contributed by atoms with Crippen LogP contribution in [0, 0.1) is 0 Å². The maximum atomic E-state index is 12.6. The maximum absolute atomic E-state index is 12.6. The van der Waals surface area contributed by atoms with Gasteiger partial charge in [0.1, 0.15) is 37.3 Å². The zero-order valence-corrected chi connectivity index (χ0v) is 33.2. The molecular formula is C45H57N5O6. The van der Waals surface area contributed by atoms with Crippen LogP contribution >= 0.6 is 0 Å². The van der Waals surface area contributed by atoms with E-state index in [1.807, 2.05) is 60.7 Å². The molecule has 0 unspecified atom stereocenters. The lowest BCUT2D eigenvalue weighted by Gasteiger charge is -2.33. The minimum absolute atomic E-state index is 0.0318. The number of esters is 2. The molecule has 0 aliphatic heterocycles. The second kappa shape index (κ2) is 22.9. The third-order valence-corrected chi connectivity index (χ3v) is 9.68. The largest absolute Gasteiger partial charge is 0.497 e. The van der Waals surface area contributed by atoms with Gasteiger partial charge in [0.2, 0.25) is 5.95 Å². The summed E-state index contributed by atoms with van der Waals surface area (Å²) in [5, 5.41) is 0. The number of anilines is 2. The monoisotopic (exact) mass is 763 g/mol. The molecule has 0 spiro atoms. The third kappa shape index (κ3) is 12.6. The molecule has 0 saturated heterocycles. The predicted molar refractivity (Wildman–Crippen MR) is 219 cm³/mol. The Kier molecular flexibility index (Phi) is 17.1. The number of carbonyl (C=O) groups is 2. The molecule has 5 rings (SSSR count). The van der Waals surface area contributed by atoms with Crippen LogP contribution in [0.1, 0.15) is 108 Å². The lowest BCUT2D eigenvalue weighted by Crippen LogP contribution is -2.29. The van der Waals surface area contributed by atoms with Gasteiger partial charge < -0.3 is 18.9 Å². The molecule has 0 saturated carbocycles.